The first-order chi connectivity index (χ1) is 3.42. The highest BCUT2D eigenvalue weighted by Crippen LogP contribution is 2.35. The first-order valence-electron chi connectivity index (χ1n) is 1.46. The summed E-state index contributed by atoms with van der Waals surface area (Å²) >= 11 is 0. The lowest BCUT2D eigenvalue weighted by atomic mass is 12.7. The standard InChI is InChI=1S/CH4NO5P/c2-1(3)7-8(4,5)6/h(H2,2,3)(H2,4,5,6)/i1+2. The van der Waals surface area contributed by atoms with Gasteiger partial charge in [0.2, 0.25) is 0 Å². The van der Waals surface area contributed by atoms with Crippen molar-refractivity contribution in [3.8, 4) is 0 Å². The highest BCUT2D eigenvalue weighted by atomic mass is 31.2. The zero-order valence-corrected chi connectivity index (χ0v) is 4.54. The lowest BCUT2D eigenvalue weighted by Gasteiger charge is -1.98. The Hall–Kier alpha value is -0.580. The van der Waals surface area contributed by atoms with E-state index in [1.165, 1.54) is 0 Å². The molecular weight excluding hydrogens is 139 g/mol. The third-order valence-electron chi connectivity index (χ3n) is 0.209. The molecule has 1 amide bonds. The van der Waals surface area contributed by atoms with Crippen LogP contribution in [-0.2, 0) is 9.09 Å². The number of hydrogen-bond acceptors (Lipinski definition) is 3. The average molecular weight is 143 g/mol. The van der Waals surface area contributed by atoms with E-state index in [4.69, 9.17) is 9.79 Å². The smallest absolute Gasteiger partial charge is 0.354 e. The van der Waals surface area contributed by atoms with Crippen molar-refractivity contribution in [3.05, 3.63) is 0 Å². The lowest BCUT2D eigenvalue weighted by Crippen LogP contribution is -2.10. The van der Waals surface area contributed by atoms with Gasteiger partial charge in [-0.05, 0) is 0 Å². The minimum absolute atomic E-state index is 1.49. The van der Waals surface area contributed by atoms with E-state index in [0.29, 0.717) is 0 Å². The molecule has 0 spiro atoms. The number of phosphoric acid groups is 1. The molecule has 0 rings (SSSR count). The van der Waals surface area contributed by atoms with E-state index in [2.05, 4.69) is 10.3 Å². The molecule has 7 heteroatoms. The van der Waals surface area contributed by atoms with Crippen LogP contribution in [0.2, 0.25) is 0 Å². The summed E-state index contributed by atoms with van der Waals surface area (Å²) < 4.78 is 12.9. The number of carbonyl (C=O) groups is 1. The predicted molar refractivity (Wildman–Crippen MR) is 22.7 cm³/mol. The molecule has 0 heterocycles. The van der Waals surface area contributed by atoms with Crippen LogP contribution in [0.25, 0.3) is 0 Å². The fourth-order valence-electron chi connectivity index (χ4n) is 0.117. The van der Waals surface area contributed by atoms with Crippen molar-refractivity contribution in [3.63, 3.8) is 0 Å². The summed E-state index contributed by atoms with van der Waals surface area (Å²) in [5.74, 6) is 0. The van der Waals surface area contributed by atoms with Gasteiger partial charge in [0.15, 0.2) is 0 Å². The normalized spacial score (nSPS) is 10.8. The maximum absolute atomic E-state index is 9.61. The van der Waals surface area contributed by atoms with Gasteiger partial charge in [-0.3, -0.25) is 9.79 Å². The van der Waals surface area contributed by atoms with Crippen molar-refractivity contribution in [1.29, 1.82) is 0 Å². The van der Waals surface area contributed by atoms with E-state index < -0.39 is 13.9 Å². The second kappa shape index (κ2) is 2.13. The molecule has 0 aromatic rings. The van der Waals surface area contributed by atoms with Gasteiger partial charge in [0, 0.05) is 0 Å². The molecule has 0 saturated heterocycles. The molecule has 0 atom stereocenters. The molecule has 0 fully saturated rings. The molecule has 0 aliphatic heterocycles. The predicted octanol–water partition coefficient (Wildman–Crippen LogP) is -0.826. The van der Waals surface area contributed by atoms with Crippen LogP contribution in [0.15, 0.2) is 0 Å². The number of amides is 1. The first-order valence-corrected chi connectivity index (χ1v) is 2.99. The van der Waals surface area contributed by atoms with Crippen molar-refractivity contribution in [2.75, 3.05) is 0 Å². The first kappa shape index (κ1) is 7.42. The minimum Gasteiger partial charge on any atom is -0.354 e. The van der Waals surface area contributed by atoms with Gasteiger partial charge in [-0.2, -0.15) is 0 Å². The van der Waals surface area contributed by atoms with Gasteiger partial charge >= 0.3 is 13.9 Å². The van der Waals surface area contributed by atoms with Gasteiger partial charge in [0.25, 0.3) is 0 Å². The third-order valence-corrected chi connectivity index (χ3v) is 0.627. The summed E-state index contributed by atoms with van der Waals surface area (Å²) in [6.45, 7) is 0. The Morgan fingerprint density at radius 2 is 2.00 bits per heavy atom. The minimum atomic E-state index is -4.70. The Bertz CT molecular complexity index is 135. The van der Waals surface area contributed by atoms with E-state index in [1.807, 2.05) is 0 Å². The quantitative estimate of drug-likeness (QED) is 0.415. The summed E-state index contributed by atoms with van der Waals surface area (Å²) in [6.07, 6.45) is -1.49. The monoisotopic (exact) mass is 143 g/mol. The van der Waals surface area contributed by atoms with E-state index in [1.54, 1.807) is 0 Å². The van der Waals surface area contributed by atoms with Gasteiger partial charge in [0.1, 0.15) is 0 Å². The second-order valence-corrected chi connectivity index (χ2v) is 2.06. The number of phosphoric ester groups is 1. The molecule has 0 unspecified atom stereocenters. The second-order valence-electron chi connectivity index (χ2n) is 0.901. The summed E-state index contributed by atoms with van der Waals surface area (Å²) in [6, 6.07) is 0. The topological polar surface area (TPSA) is 110 Å². The summed E-state index contributed by atoms with van der Waals surface area (Å²) in [7, 11) is -4.70. The summed E-state index contributed by atoms with van der Waals surface area (Å²) in [5.41, 5.74) is 4.23. The Kier molecular flexibility index (Phi) is 1.97. The van der Waals surface area contributed by atoms with Crippen molar-refractivity contribution >= 4 is 13.9 Å². The van der Waals surface area contributed by atoms with E-state index in [9.17, 15) is 9.36 Å². The van der Waals surface area contributed by atoms with Crippen LogP contribution < -0.4 is 5.73 Å². The molecule has 0 bridgehead atoms. The number of nitrogens with two attached hydrogens (primary N) is 1. The van der Waals surface area contributed by atoms with Crippen molar-refractivity contribution < 1.29 is 23.7 Å². The molecule has 48 valence electrons. The van der Waals surface area contributed by atoms with Crippen LogP contribution >= 0.6 is 7.82 Å². The molecule has 0 aromatic heterocycles. The van der Waals surface area contributed by atoms with E-state index >= 15 is 0 Å². The van der Waals surface area contributed by atoms with Crippen LogP contribution in [0, 0.1) is 0 Å². The number of rotatable bonds is 1. The molecule has 0 radical (unpaired) electrons. The highest BCUT2D eigenvalue weighted by Gasteiger charge is 2.17. The fraction of sp³-hybridized carbons (Fsp3) is 0. The van der Waals surface area contributed by atoms with Gasteiger partial charge in [-0.1, -0.05) is 0 Å². The van der Waals surface area contributed by atoms with Gasteiger partial charge in [0.05, 0.1) is 0 Å². The summed E-state index contributed by atoms with van der Waals surface area (Å²) in [5, 5.41) is 0. The largest absolute Gasteiger partial charge is 0.528 e. The van der Waals surface area contributed by atoms with Crippen molar-refractivity contribution in [2.24, 2.45) is 5.73 Å². The lowest BCUT2D eigenvalue weighted by molar-refractivity contribution is 0.185. The molecule has 0 saturated carbocycles. The Morgan fingerprint density at radius 3 is 2.00 bits per heavy atom. The van der Waals surface area contributed by atoms with Gasteiger partial charge in [-0.25, -0.2) is 9.36 Å². The number of hydrogen-bond donors (Lipinski definition) is 3. The number of primary amides is 1. The van der Waals surface area contributed by atoms with Gasteiger partial charge < -0.3 is 10.3 Å². The Balaban J connectivity index is 3.74. The third kappa shape index (κ3) is 5.42. The van der Waals surface area contributed by atoms with Crippen LogP contribution in [0.1, 0.15) is 0 Å². The molecule has 4 N–H and O–H groups in total. The maximum Gasteiger partial charge on any atom is 0.528 e. The molecular formula is CH4NO5P. The van der Waals surface area contributed by atoms with Crippen LogP contribution in [0.4, 0.5) is 4.79 Å². The highest BCUT2D eigenvalue weighted by molar-refractivity contribution is 7.46. The SMILES string of the molecule is N[14C](=O)OP(=O)(O)O. The van der Waals surface area contributed by atoms with Crippen LogP contribution in [0.3, 0.4) is 0 Å². The molecule has 0 aliphatic carbocycles. The zero-order chi connectivity index (χ0) is 6.78. The maximum atomic E-state index is 9.61. The van der Waals surface area contributed by atoms with E-state index in [-0.39, 0.29) is 0 Å². The molecule has 6 nitrogen and oxygen atoms in total. The molecule has 0 aliphatic rings. The zero-order valence-electron chi connectivity index (χ0n) is 3.64. The van der Waals surface area contributed by atoms with Crippen molar-refractivity contribution in [1.82, 2.24) is 0 Å². The molecule has 8 heavy (non-hydrogen) atoms. The van der Waals surface area contributed by atoms with Gasteiger partial charge in [-0.15, -0.1) is 0 Å². The molecule has 0 aromatic carbocycles. The fourth-order valence-corrected chi connectivity index (χ4v) is 0.352. The summed E-state index contributed by atoms with van der Waals surface area (Å²) in [4.78, 5) is 25.1. The Morgan fingerprint density at radius 1 is 1.62 bits per heavy atom. The number of carbonyl (C=O) groups excluding carboxylic acids is 1. The van der Waals surface area contributed by atoms with Crippen LogP contribution in [-0.4, -0.2) is 15.9 Å². The van der Waals surface area contributed by atoms with Crippen molar-refractivity contribution in [2.45, 2.75) is 0 Å². The van der Waals surface area contributed by atoms with Crippen LogP contribution in [0.5, 0.6) is 0 Å². The van der Waals surface area contributed by atoms with E-state index in [0.717, 1.165) is 0 Å². The Labute approximate surface area is 44.5 Å². The average Bonchev–Trinajstić information content (AvgIpc) is 1.21.